The first-order valence-electron chi connectivity index (χ1n) is 10.4. The molecule has 2 aromatic heterocycles. The van der Waals surface area contributed by atoms with Crippen LogP contribution in [-0.2, 0) is 4.74 Å². The van der Waals surface area contributed by atoms with Crippen LogP contribution in [0.15, 0.2) is 57.4 Å². The monoisotopic (exact) mass is 483 g/mol. The molecule has 1 aromatic carbocycles. The zero-order valence-corrected chi connectivity index (χ0v) is 19.3. The SMILES string of the molecule is Cc1ccc(C(CNC(=O)c2ccc(-c3cccc(Br)c3)nc2C)N2CCOCC2)o1. The van der Waals surface area contributed by atoms with Crippen molar-refractivity contribution in [2.24, 2.45) is 0 Å². The van der Waals surface area contributed by atoms with Crippen molar-refractivity contribution in [2.75, 3.05) is 32.8 Å². The number of pyridine rings is 1. The van der Waals surface area contributed by atoms with Crippen molar-refractivity contribution in [3.8, 4) is 11.3 Å². The molecule has 3 heterocycles. The summed E-state index contributed by atoms with van der Waals surface area (Å²) >= 11 is 3.49. The number of morpholine rings is 1. The van der Waals surface area contributed by atoms with Gasteiger partial charge in [0.05, 0.1) is 36.2 Å². The molecule has 1 atom stereocenters. The highest BCUT2D eigenvalue weighted by atomic mass is 79.9. The number of halogens is 1. The maximum atomic E-state index is 13.0. The fourth-order valence-corrected chi connectivity index (χ4v) is 4.22. The van der Waals surface area contributed by atoms with Gasteiger partial charge in [0, 0.05) is 29.7 Å². The highest BCUT2D eigenvalue weighted by molar-refractivity contribution is 9.10. The molecule has 4 rings (SSSR count). The van der Waals surface area contributed by atoms with Crippen LogP contribution in [0.25, 0.3) is 11.3 Å². The zero-order chi connectivity index (χ0) is 21.8. The largest absolute Gasteiger partial charge is 0.465 e. The second kappa shape index (κ2) is 9.77. The van der Waals surface area contributed by atoms with E-state index < -0.39 is 0 Å². The number of nitrogens with one attached hydrogen (secondary N) is 1. The summed E-state index contributed by atoms with van der Waals surface area (Å²) in [7, 11) is 0. The molecule has 1 aliphatic heterocycles. The topological polar surface area (TPSA) is 67.6 Å². The van der Waals surface area contributed by atoms with Crippen LogP contribution in [0, 0.1) is 13.8 Å². The van der Waals surface area contributed by atoms with E-state index in [1.807, 2.05) is 62.4 Å². The van der Waals surface area contributed by atoms with E-state index in [1.165, 1.54) is 0 Å². The average Bonchev–Trinajstić information content (AvgIpc) is 3.20. The summed E-state index contributed by atoms with van der Waals surface area (Å²) in [6.45, 7) is 7.24. The number of aromatic nitrogens is 1. The molecule has 0 spiro atoms. The number of benzene rings is 1. The first-order valence-corrected chi connectivity index (χ1v) is 11.2. The van der Waals surface area contributed by atoms with Gasteiger partial charge in [0.2, 0.25) is 0 Å². The van der Waals surface area contributed by atoms with E-state index in [1.54, 1.807) is 0 Å². The van der Waals surface area contributed by atoms with Gasteiger partial charge < -0.3 is 14.5 Å². The maximum absolute atomic E-state index is 13.0. The van der Waals surface area contributed by atoms with Crippen molar-refractivity contribution in [1.82, 2.24) is 15.2 Å². The first-order chi connectivity index (χ1) is 15.0. The Balaban J connectivity index is 1.48. The quantitative estimate of drug-likeness (QED) is 0.557. The molecule has 7 heteroatoms. The number of carbonyl (C=O) groups is 1. The van der Waals surface area contributed by atoms with Crippen LogP contribution in [0.3, 0.4) is 0 Å². The van der Waals surface area contributed by atoms with Crippen LogP contribution >= 0.6 is 15.9 Å². The zero-order valence-electron chi connectivity index (χ0n) is 17.7. The second-order valence-electron chi connectivity index (χ2n) is 7.66. The third kappa shape index (κ3) is 5.23. The molecule has 0 bridgehead atoms. The Labute approximate surface area is 190 Å². The van der Waals surface area contributed by atoms with Gasteiger partial charge in [-0.2, -0.15) is 0 Å². The lowest BCUT2D eigenvalue weighted by atomic mass is 10.1. The molecule has 6 nitrogen and oxygen atoms in total. The summed E-state index contributed by atoms with van der Waals surface area (Å²) in [6, 6.07) is 15.6. The lowest BCUT2D eigenvalue weighted by molar-refractivity contribution is 0.0117. The van der Waals surface area contributed by atoms with Gasteiger partial charge in [-0.05, 0) is 50.2 Å². The third-order valence-electron chi connectivity index (χ3n) is 5.48. The lowest BCUT2D eigenvalue weighted by Crippen LogP contribution is -2.43. The molecule has 1 unspecified atom stereocenters. The minimum Gasteiger partial charge on any atom is -0.465 e. The standard InChI is InChI=1S/C24H26BrN3O3/c1-16-6-9-23(31-16)22(28-10-12-30-13-11-28)15-26-24(29)20-7-8-21(27-17(20)2)18-4-3-5-19(25)14-18/h3-9,14,22H,10-13,15H2,1-2H3,(H,26,29). The first kappa shape index (κ1) is 21.7. The van der Waals surface area contributed by atoms with Crippen molar-refractivity contribution in [1.29, 1.82) is 0 Å². The van der Waals surface area contributed by atoms with Crippen LogP contribution in [0.1, 0.15) is 33.6 Å². The van der Waals surface area contributed by atoms with Crippen molar-refractivity contribution < 1.29 is 13.9 Å². The van der Waals surface area contributed by atoms with E-state index in [0.29, 0.717) is 31.0 Å². The Morgan fingerprint density at radius 3 is 2.65 bits per heavy atom. The van der Waals surface area contributed by atoms with Crippen molar-refractivity contribution in [3.63, 3.8) is 0 Å². The van der Waals surface area contributed by atoms with E-state index >= 15 is 0 Å². The van der Waals surface area contributed by atoms with Crippen molar-refractivity contribution in [3.05, 3.63) is 75.8 Å². The third-order valence-corrected chi connectivity index (χ3v) is 5.98. The van der Waals surface area contributed by atoms with Gasteiger partial charge in [0.1, 0.15) is 11.5 Å². The number of carbonyl (C=O) groups excluding carboxylic acids is 1. The number of nitrogens with zero attached hydrogens (tertiary/aromatic N) is 2. The molecule has 1 N–H and O–H groups in total. The van der Waals surface area contributed by atoms with Crippen LogP contribution in [0.4, 0.5) is 0 Å². The number of furan rings is 1. The Kier molecular flexibility index (Phi) is 6.85. The van der Waals surface area contributed by atoms with Gasteiger partial charge in [-0.15, -0.1) is 0 Å². The van der Waals surface area contributed by atoms with Gasteiger partial charge in [0.25, 0.3) is 5.91 Å². The van der Waals surface area contributed by atoms with Gasteiger partial charge in [0.15, 0.2) is 0 Å². The molecule has 31 heavy (non-hydrogen) atoms. The molecular formula is C24H26BrN3O3. The Morgan fingerprint density at radius 2 is 1.97 bits per heavy atom. The van der Waals surface area contributed by atoms with E-state index in [4.69, 9.17) is 9.15 Å². The van der Waals surface area contributed by atoms with Gasteiger partial charge in [-0.1, -0.05) is 28.1 Å². The molecule has 1 amide bonds. The molecule has 1 saturated heterocycles. The highest BCUT2D eigenvalue weighted by Crippen LogP contribution is 2.25. The van der Waals surface area contributed by atoms with Gasteiger partial charge >= 0.3 is 0 Å². The van der Waals surface area contributed by atoms with Crippen LogP contribution in [-0.4, -0.2) is 48.6 Å². The number of hydrogen-bond acceptors (Lipinski definition) is 5. The summed E-state index contributed by atoms with van der Waals surface area (Å²) < 4.78 is 12.4. The van der Waals surface area contributed by atoms with E-state index in [2.05, 4.69) is 31.1 Å². The van der Waals surface area contributed by atoms with E-state index in [9.17, 15) is 4.79 Å². The summed E-state index contributed by atoms with van der Waals surface area (Å²) in [5.41, 5.74) is 3.12. The Bertz CT molecular complexity index is 1060. The van der Waals surface area contributed by atoms with Crippen molar-refractivity contribution in [2.45, 2.75) is 19.9 Å². The Morgan fingerprint density at radius 1 is 1.16 bits per heavy atom. The Hall–Kier alpha value is -2.48. The van der Waals surface area contributed by atoms with Crippen LogP contribution < -0.4 is 5.32 Å². The average molecular weight is 484 g/mol. The highest BCUT2D eigenvalue weighted by Gasteiger charge is 2.26. The molecule has 0 aliphatic carbocycles. The predicted octanol–water partition coefficient (Wildman–Crippen LogP) is 4.52. The molecule has 162 valence electrons. The normalized spacial score (nSPS) is 15.6. The number of amides is 1. The molecule has 0 saturated carbocycles. The summed E-state index contributed by atoms with van der Waals surface area (Å²) in [6.07, 6.45) is 0. The number of hydrogen-bond donors (Lipinski definition) is 1. The van der Waals surface area contributed by atoms with E-state index in [0.717, 1.165) is 40.3 Å². The molecule has 1 aliphatic rings. The van der Waals surface area contributed by atoms with Crippen LogP contribution in [0.2, 0.25) is 0 Å². The second-order valence-corrected chi connectivity index (χ2v) is 8.58. The molecule has 3 aromatic rings. The lowest BCUT2D eigenvalue weighted by Gasteiger charge is -2.33. The van der Waals surface area contributed by atoms with E-state index in [-0.39, 0.29) is 11.9 Å². The number of rotatable bonds is 6. The van der Waals surface area contributed by atoms with Crippen LogP contribution in [0.5, 0.6) is 0 Å². The summed E-state index contributed by atoms with van der Waals surface area (Å²) in [5, 5.41) is 3.08. The molecule has 1 fully saturated rings. The fourth-order valence-electron chi connectivity index (χ4n) is 3.83. The molecule has 0 radical (unpaired) electrons. The summed E-state index contributed by atoms with van der Waals surface area (Å²) in [4.78, 5) is 19.9. The minimum atomic E-state index is -0.132. The van der Waals surface area contributed by atoms with Gasteiger partial charge in [-0.3, -0.25) is 14.7 Å². The predicted molar refractivity (Wildman–Crippen MR) is 123 cm³/mol. The summed E-state index contributed by atoms with van der Waals surface area (Å²) in [5.74, 6) is 1.59. The smallest absolute Gasteiger partial charge is 0.253 e. The number of ether oxygens (including phenoxy) is 1. The van der Waals surface area contributed by atoms with Crippen molar-refractivity contribution >= 4 is 21.8 Å². The maximum Gasteiger partial charge on any atom is 0.253 e. The number of aryl methyl sites for hydroxylation is 2. The minimum absolute atomic E-state index is 0.0317. The van der Waals surface area contributed by atoms with Gasteiger partial charge in [-0.25, -0.2) is 0 Å². The molecular weight excluding hydrogens is 458 g/mol. The fraction of sp³-hybridized carbons (Fsp3) is 0.333.